The van der Waals surface area contributed by atoms with E-state index in [-0.39, 0.29) is 19.0 Å². The number of aliphatic hydroxyl groups is 4. The molecule has 4 N–H and O–H groups in total. The van der Waals surface area contributed by atoms with E-state index >= 15 is 0 Å². The summed E-state index contributed by atoms with van der Waals surface area (Å²) < 4.78 is 12.8. The van der Waals surface area contributed by atoms with Gasteiger partial charge in [0.05, 0.1) is 18.8 Å². The number of nitrogens with zero attached hydrogens (tertiary/aromatic N) is 1. The van der Waals surface area contributed by atoms with Gasteiger partial charge in [0.1, 0.15) is 18.0 Å². The fourth-order valence-corrected chi connectivity index (χ4v) is 2.77. The Hall–Kier alpha value is -1.05. The number of piperidine rings is 1. The van der Waals surface area contributed by atoms with Gasteiger partial charge < -0.3 is 20.4 Å². The molecule has 0 radical (unpaired) electrons. The number of halogens is 1. The standard InChI is InChI=1S/C15H22FNO4/c16-11-5-3-10(4-6-11)2-1-7-17-8-13(19)15(21)14(20)12(17)9-18/h3-6,12-15,18-21H,1-2,7-9H2/t12-,13-,14+,15+/m0/s1. The molecule has 0 saturated carbocycles. The van der Waals surface area contributed by atoms with Gasteiger partial charge in [0.15, 0.2) is 0 Å². The first kappa shape index (κ1) is 16.3. The molecule has 5 nitrogen and oxygen atoms in total. The molecular weight excluding hydrogens is 277 g/mol. The summed E-state index contributed by atoms with van der Waals surface area (Å²) in [5, 5.41) is 38.5. The molecule has 0 bridgehead atoms. The Morgan fingerprint density at radius 3 is 2.38 bits per heavy atom. The number of aryl methyl sites for hydroxylation is 1. The Kier molecular flexibility index (Phi) is 5.66. The fourth-order valence-electron chi connectivity index (χ4n) is 2.77. The summed E-state index contributed by atoms with van der Waals surface area (Å²) in [6.07, 6.45) is -1.92. The van der Waals surface area contributed by atoms with Crippen LogP contribution < -0.4 is 0 Å². The molecule has 4 atom stereocenters. The van der Waals surface area contributed by atoms with E-state index in [1.54, 1.807) is 17.0 Å². The first-order valence-corrected chi connectivity index (χ1v) is 7.16. The second-order valence-corrected chi connectivity index (χ2v) is 5.52. The van der Waals surface area contributed by atoms with E-state index < -0.39 is 24.4 Å². The maximum atomic E-state index is 12.8. The molecule has 1 aliphatic rings. The zero-order valence-corrected chi connectivity index (χ0v) is 11.8. The van der Waals surface area contributed by atoms with Gasteiger partial charge in [0.25, 0.3) is 0 Å². The molecule has 0 amide bonds. The van der Waals surface area contributed by atoms with Crippen LogP contribution in [-0.4, -0.2) is 69.4 Å². The van der Waals surface area contributed by atoms with Crippen LogP contribution in [0, 0.1) is 5.82 Å². The fraction of sp³-hybridized carbons (Fsp3) is 0.600. The van der Waals surface area contributed by atoms with E-state index in [1.807, 2.05) is 0 Å². The maximum Gasteiger partial charge on any atom is 0.123 e. The van der Waals surface area contributed by atoms with Crippen LogP contribution >= 0.6 is 0 Å². The van der Waals surface area contributed by atoms with E-state index in [9.17, 15) is 24.8 Å². The van der Waals surface area contributed by atoms with E-state index in [0.717, 1.165) is 18.4 Å². The molecule has 1 aliphatic heterocycles. The van der Waals surface area contributed by atoms with Crippen molar-refractivity contribution in [3.63, 3.8) is 0 Å². The molecule has 6 heteroatoms. The van der Waals surface area contributed by atoms with Crippen molar-refractivity contribution in [3.8, 4) is 0 Å². The third-order valence-electron chi connectivity index (χ3n) is 4.04. The lowest BCUT2D eigenvalue weighted by molar-refractivity contribution is -0.145. The van der Waals surface area contributed by atoms with Gasteiger partial charge in [-0.2, -0.15) is 0 Å². The van der Waals surface area contributed by atoms with Crippen LogP contribution in [-0.2, 0) is 6.42 Å². The molecule has 1 aromatic carbocycles. The van der Waals surface area contributed by atoms with E-state index in [0.29, 0.717) is 6.54 Å². The summed E-state index contributed by atoms with van der Waals surface area (Å²) in [7, 11) is 0. The SMILES string of the molecule is OC[C@H]1[C@@H](O)[C@H](O)[C@@H](O)CN1CCCc1ccc(F)cc1. The van der Waals surface area contributed by atoms with Crippen molar-refractivity contribution in [2.45, 2.75) is 37.2 Å². The van der Waals surface area contributed by atoms with Crippen molar-refractivity contribution in [2.75, 3.05) is 19.7 Å². The Morgan fingerprint density at radius 1 is 1.10 bits per heavy atom. The van der Waals surface area contributed by atoms with Crippen molar-refractivity contribution in [1.82, 2.24) is 4.90 Å². The molecule has 2 rings (SSSR count). The third-order valence-corrected chi connectivity index (χ3v) is 4.04. The largest absolute Gasteiger partial charge is 0.395 e. The average molecular weight is 299 g/mol. The predicted molar refractivity (Wildman–Crippen MR) is 75.2 cm³/mol. The van der Waals surface area contributed by atoms with Gasteiger partial charge in [0, 0.05) is 6.54 Å². The molecule has 118 valence electrons. The molecule has 0 aliphatic carbocycles. The quantitative estimate of drug-likeness (QED) is 0.590. The highest BCUT2D eigenvalue weighted by atomic mass is 19.1. The lowest BCUT2D eigenvalue weighted by atomic mass is 9.94. The van der Waals surface area contributed by atoms with Crippen LogP contribution in [0.5, 0.6) is 0 Å². The number of hydrogen-bond acceptors (Lipinski definition) is 5. The lowest BCUT2D eigenvalue weighted by Crippen LogP contribution is -2.62. The Labute approximate surface area is 123 Å². The van der Waals surface area contributed by atoms with Crippen LogP contribution in [0.15, 0.2) is 24.3 Å². The van der Waals surface area contributed by atoms with Gasteiger partial charge in [-0.15, -0.1) is 0 Å². The van der Waals surface area contributed by atoms with Gasteiger partial charge in [0.2, 0.25) is 0 Å². The molecule has 1 aromatic rings. The first-order chi connectivity index (χ1) is 10.0. The molecule has 1 saturated heterocycles. The summed E-state index contributed by atoms with van der Waals surface area (Å²) in [4.78, 5) is 1.78. The third kappa shape index (κ3) is 3.99. The van der Waals surface area contributed by atoms with Crippen LogP contribution in [0.4, 0.5) is 4.39 Å². The molecule has 1 fully saturated rings. The predicted octanol–water partition coefficient (Wildman–Crippen LogP) is -0.483. The average Bonchev–Trinajstić information content (AvgIpc) is 2.47. The summed E-state index contributed by atoms with van der Waals surface area (Å²) in [5.74, 6) is -0.268. The maximum absolute atomic E-state index is 12.8. The summed E-state index contributed by atoms with van der Waals surface area (Å²) >= 11 is 0. The zero-order chi connectivity index (χ0) is 15.4. The molecule has 0 aromatic heterocycles. The van der Waals surface area contributed by atoms with Crippen LogP contribution in [0.2, 0.25) is 0 Å². The molecule has 0 unspecified atom stereocenters. The summed E-state index contributed by atoms with van der Waals surface area (Å²) in [5.41, 5.74) is 1.01. The van der Waals surface area contributed by atoms with Crippen molar-refractivity contribution in [3.05, 3.63) is 35.6 Å². The second-order valence-electron chi connectivity index (χ2n) is 5.52. The molecular formula is C15H22FNO4. The van der Waals surface area contributed by atoms with Crippen molar-refractivity contribution < 1.29 is 24.8 Å². The monoisotopic (exact) mass is 299 g/mol. The topological polar surface area (TPSA) is 84.2 Å². The molecule has 0 spiro atoms. The summed E-state index contributed by atoms with van der Waals surface area (Å²) in [6, 6.07) is 5.70. The lowest BCUT2D eigenvalue weighted by Gasteiger charge is -2.43. The second kappa shape index (κ2) is 7.29. The smallest absolute Gasteiger partial charge is 0.123 e. The Morgan fingerprint density at radius 2 is 1.76 bits per heavy atom. The van der Waals surface area contributed by atoms with Crippen LogP contribution in [0.3, 0.4) is 0 Å². The van der Waals surface area contributed by atoms with Crippen LogP contribution in [0.25, 0.3) is 0 Å². The van der Waals surface area contributed by atoms with Crippen molar-refractivity contribution in [1.29, 1.82) is 0 Å². The highest BCUT2D eigenvalue weighted by Crippen LogP contribution is 2.19. The normalized spacial score (nSPS) is 30.5. The highest BCUT2D eigenvalue weighted by molar-refractivity contribution is 5.16. The van der Waals surface area contributed by atoms with E-state index in [1.165, 1.54) is 12.1 Å². The first-order valence-electron chi connectivity index (χ1n) is 7.16. The highest BCUT2D eigenvalue weighted by Gasteiger charge is 2.40. The van der Waals surface area contributed by atoms with E-state index in [2.05, 4.69) is 0 Å². The number of benzene rings is 1. The molecule has 21 heavy (non-hydrogen) atoms. The Bertz CT molecular complexity index is 442. The number of likely N-dealkylation sites (tertiary alicyclic amines) is 1. The minimum Gasteiger partial charge on any atom is -0.395 e. The number of hydrogen-bond donors (Lipinski definition) is 4. The van der Waals surface area contributed by atoms with Gasteiger partial charge >= 0.3 is 0 Å². The van der Waals surface area contributed by atoms with Crippen molar-refractivity contribution in [2.24, 2.45) is 0 Å². The van der Waals surface area contributed by atoms with Gasteiger partial charge in [-0.05, 0) is 37.1 Å². The zero-order valence-electron chi connectivity index (χ0n) is 11.8. The van der Waals surface area contributed by atoms with Gasteiger partial charge in [-0.1, -0.05) is 12.1 Å². The summed E-state index contributed by atoms with van der Waals surface area (Å²) in [6.45, 7) is 0.512. The number of β-amino-alcohol motifs (C(OH)–C–C–N with tert-alkyl or cyclic N) is 1. The Balaban J connectivity index is 1.87. The minimum absolute atomic E-state index is 0.215. The number of aliphatic hydroxyl groups excluding tert-OH is 4. The van der Waals surface area contributed by atoms with Gasteiger partial charge in [-0.25, -0.2) is 4.39 Å². The van der Waals surface area contributed by atoms with E-state index in [4.69, 9.17) is 0 Å². The molecule has 1 heterocycles. The minimum atomic E-state index is -1.23. The van der Waals surface area contributed by atoms with Crippen molar-refractivity contribution >= 4 is 0 Å². The number of rotatable bonds is 5. The van der Waals surface area contributed by atoms with Gasteiger partial charge in [-0.3, -0.25) is 4.90 Å². The van der Waals surface area contributed by atoms with Crippen LogP contribution in [0.1, 0.15) is 12.0 Å².